The first-order valence-electron chi connectivity index (χ1n) is 6.45. The predicted octanol–water partition coefficient (Wildman–Crippen LogP) is 3.74. The maximum absolute atomic E-state index is 5.29. The number of hydrogen-bond acceptors (Lipinski definition) is 1. The standard InChI is InChI=1S/C16H18N2S/c1-2-13-9-6-10-15(11-13)18-16(19)17-12-14-7-4-3-5-8-14/h3-11H,2,12H2,1H3,(H2,17,18,19). The molecular weight excluding hydrogens is 252 g/mol. The van der Waals surface area contributed by atoms with Crippen molar-refractivity contribution in [3.8, 4) is 0 Å². The van der Waals surface area contributed by atoms with Crippen LogP contribution >= 0.6 is 12.2 Å². The second-order valence-electron chi connectivity index (χ2n) is 4.35. The molecule has 19 heavy (non-hydrogen) atoms. The van der Waals surface area contributed by atoms with E-state index < -0.39 is 0 Å². The Morgan fingerprint density at radius 1 is 1.00 bits per heavy atom. The summed E-state index contributed by atoms with van der Waals surface area (Å²) in [4.78, 5) is 0. The summed E-state index contributed by atoms with van der Waals surface area (Å²) < 4.78 is 0. The van der Waals surface area contributed by atoms with Gasteiger partial charge in [0.1, 0.15) is 0 Å². The van der Waals surface area contributed by atoms with Crippen LogP contribution in [0.15, 0.2) is 54.6 Å². The van der Waals surface area contributed by atoms with Gasteiger partial charge in [-0.1, -0.05) is 49.4 Å². The van der Waals surface area contributed by atoms with Crippen LogP contribution in [0.1, 0.15) is 18.1 Å². The SMILES string of the molecule is CCc1cccc(NC(=S)NCc2ccccc2)c1. The summed E-state index contributed by atoms with van der Waals surface area (Å²) in [6.45, 7) is 2.88. The zero-order valence-corrected chi connectivity index (χ0v) is 11.8. The van der Waals surface area contributed by atoms with Crippen molar-refractivity contribution in [2.75, 3.05) is 5.32 Å². The lowest BCUT2D eigenvalue weighted by molar-refractivity contribution is 0.926. The Morgan fingerprint density at radius 3 is 2.47 bits per heavy atom. The molecule has 3 heteroatoms. The van der Waals surface area contributed by atoms with E-state index in [1.54, 1.807) is 0 Å². The van der Waals surface area contributed by atoms with Gasteiger partial charge in [-0.25, -0.2) is 0 Å². The summed E-state index contributed by atoms with van der Waals surface area (Å²) in [7, 11) is 0. The number of thiocarbonyl (C=S) groups is 1. The number of nitrogens with one attached hydrogen (secondary N) is 2. The molecule has 0 atom stereocenters. The Hall–Kier alpha value is -1.87. The molecule has 2 N–H and O–H groups in total. The van der Waals surface area contributed by atoms with Crippen molar-refractivity contribution in [1.82, 2.24) is 5.32 Å². The van der Waals surface area contributed by atoms with Crippen molar-refractivity contribution in [3.63, 3.8) is 0 Å². The molecule has 0 saturated carbocycles. The van der Waals surface area contributed by atoms with Crippen LogP contribution in [-0.4, -0.2) is 5.11 Å². The van der Waals surface area contributed by atoms with E-state index in [0.717, 1.165) is 18.7 Å². The van der Waals surface area contributed by atoms with Gasteiger partial charge in [-0.2, -0.15) is 0 Å². The van der Waals surface area contributed by atoms with E-state index in [-0.39, 0.29) is 0 Å². The fraction of sp³-hybridized carbons (Fsp3) is 0.188. The minimum absolute atomic E-state index is 0.650. The second kappa shape index (κ2) is 6.90. The second-order valence-corrected chi connectivity index (χ2v) is 4.76. The van der Waals surface area contributed by atoms with Crippen LogP contribution in [0.25, 0.3) is 0 Å². The highest BCUT2D eigenvalue weighted by atomic mass is 32.1. The van der Waals surface area contributed by atoms with Gasteiger partial charge >= 0.3 is 0 Å². The third kappa shape index (κ3) is 4.38. The van der Waals surface area contributed by atoms with E-state index in [2.05, 4.69) is 41.8 Å². The topological polar surface area (TPSA) is 24.1 Å². The monoisotopic (exact) mass is 270 g/mol. The van der Waals surface area contributed by atoms with Gasteiger partial charge in [-0.05, 0) is 41.9 Å². The highest BCUT2D eigenvalue weighted by Crippen LogP contribution is 2.10. The quantitative estimate of drug-likeness (QED) is 0.828. The molecule has 98 valence electrons. The van der Waals surface area contributed by atoms with Crippen LogP contribution in [-0.2, 0) is 13.0 Å². The van der Waals surface area contributed by atoms with E-state index in [1.807, 2.05) is 30.3 Å². The first kappa shape index (κ1) is 13.6. The first-order valence-corrected chi connectivity index (χ1v) is 6.86. The van der Waals surface area contributed by atoms with Gasteiger partial charge in [0.25, 0.3) is 0 Å². The molecule has 0 aliphatic carbocycles. The molecule has 0 heterocycles. The molecule has 0 amide bonds. The Bertz CT molecular complexity index is 537. The Labute approximate surface area is 119 Å². The predicted molar refractivity (Wildman–Crippen MR) is 85.3 cm³/mol. The normalized spacial score (nSPS) is 9.95. The molecule has 0 saturated heterocycles. The van der Waals surface area contributed by atoms with Crippen LogP contribution < -0.4 is 10.6 Å². The molecule has 0 spiro atoms. The minimum atomic E-state index is 0.650. The molecule has 0 unspecified atom stereocenters. The molecule has 2 aromatic carbocycles. The van der Waals surface area contributed by atoms with E-state index in [4.69, 9.17) is 12.2 Å². The summed E-state index contributed by atoms with van der Waals surface area (Å²) in [5.74, 6) is 0. The van der Waals surface area contributed by atoms with Gasteiger partial charge in [-0.3, -0.25) is 0 Å². The van der Waals surface area contributed by atoms with E-state index in [1.165, 1.54) is 11.1 Å². The van der Waals surface area contributed by atoms with E-state index >= 15 is 0 Å². The smallest absolute Gasteiger partial charge is 0.171 e. The molecule has 2 aromatic rings. The highest BCUT2D eigenvalue weighted by Gasteiger charge is 1.98. The number of anilines is 1. The van der Waals surface area contributed by atoms with Crippen molar-refractivity contribution >= 4 is 23.0 Å². The molecule has 0 radical (unpaired) electrons. The summed E-state index contributed by atoms with van der Waals surface area (Å²) in [6, 6.07) is 18.5. The largest absolute Gasteiger partial charge is 0.358 e. The average molecular weight is 270 g/mol. The summed E-state index contributed by atoms with van der Waals surface area (Å²) in [5, 5.41) is 7.06. The van der Waals surface area contributed by atoms with Gasteiger partial charge in [0, 0.05) is 12.2 Å². The summed E-state index contributed by atoms with van der Waals surface area (Å²) >= 11 is 5.29. The van der Waals surface area contributed by atoms with Gasteiger partial charge in [0.2, 0.25) is 0 Å². The first-order chi connectivity index (χ1) is 9.28. The molecule has 0 aromatic heterocycles. The van der Waals surface area contributed by atoms with E-state index in [0.29, 0.717) is 5.11 Å². The number of rotatable bonds is 4. The lowest BCUT2D eigenvalue weighted by Crippen LogP contribution is -2.27. The number of aryl methyl sites for hydroxylation is 1. The fourth-order valence-corrected chi connectivity index (χ4v) is 2.01. The minimum Gasteiger partial charge on any atom is -0.358 e. The van der Waals surface area contributed by atoms with Gasteiger partial charge < -0.3 is 10.6 Å². The molecule has 2 nitrogen and oxygen atoms in total. The maximum atomic E-state index is 5.29. The molecule has 0 aliphatic heterocycles. The van der Waals surface area contributed by atoms with Crippen molar-refractivity contribution in [2.45, 2.75) is 19.9 Å². The van der Waals surface area contributed by atoms with Gasteiger partial charge in [0.05, 0.1) is 0 Å². The highest BCUT2D eigenvalue weighted by molar-refractivity contribution is 7.80. The third-order valence-corrected chi connectivity index (χ3v) is 3.14. The van der Waals surface area contributed by atoms with Crippen molar-refractivity contribution < 1.29 is 0 Å². The lowest BCUT2D eigenvalue weighted by Gasteiger charge is -2.11. The van der Waals surface area contributed by atoms with Crippen LogP contribution in [0.4, 0.5) is 5.69 Å². The Morgan fingerprint density at radius 2 is 1.74 bits per heavy atom. The van der Waals surface area contributed by atoms with Crippen molar-refractivity contribution in [2.24, 2.45) is 0 Å². The zero-order chi connectivity index (χ0) is 13.5. The number of benzene rings is 2. The third-order valence-electron chi connectivity index (χ3n) is 2.89. The summed E-state index contributed by atoms with van der Waals surface area (Å²) in [6.07, 6.45) is 1.03. The molecule has 0 fully saturated rings. The molecule has 0 bridgehead atoms. The average Bonchev–Trinajstić information content (AvgIpc) is 2.46. The van der Waals surface area contributed by atoms with Crippen LogP contribution in [0, 0.1) is 0 Å². The van der Waals surface area contributed by atoms with Crippen molar-refractivity contribution in [3.05, 3.63) is 65.7 Å². The van der Waals surface area contributed by atoms with Gasteiger partial charge in [-0.15, -0.1) is 0 Å². The number of hydrogen-bond donors (Lipinski definition) is 2. The molecule has 0 aliphatic rings. The van der Waals surface area contributed by atoms with Crippen molar-refractivity contribution in [1.29, 1.82) is 0 Å². The van der Waals surface area contributed by atoms with Gasteiger partial charge in [0.15, 0.2) is 5.11 Å². The van der Waals surface area contributed by atoms with Crippen LogP contribution in [0.2, 0.25) is 0 Å². The molecular formula is C16H18N2S. The maximum Gasteiger partial charge on any atom is 0.171 e. The Balaban J connectivity index is 1.87. The van der Waals surface area contributed by atoms with E-state index in [9.17, 15) is 0 Å². The molecule has 2 rings (SSSR count). The fourth-order valence-electron chi connectivity index (χ4n) is 1.82. The van der Waals surface area contributed by atoms with Crippen LogP contribution in [0.5, 0.6) is 0 Å². The lowest BCUT2D eigenvalue weighted by atomic mass is 10.1. The summed E-state index contributed by atoms with van der Waals surface area (Å²) in [5.41, 5.74) is 3.55. The Kier molecular flexibility index (Phi) is 4.93. The van der Waals surface area contributed by atoms with Crippen LogP contribution in [0.3, 0.4) is 0 Å². The zero-order valence-electron chi connectivity index (χ0n) is 11.0.